The maximum Gasteiger partial charge on any atom is 0.408 e. The quantitative estimate of drug-likeness (QED) is 0.863. The summed E-state index contributed by atoms with van der Waals surface area (Å²) in [6, 6.07) is 13.1. The molecule has 1 N–H and O–H groups in total. The van der Waals surface area contributed by atoms with E-state index in [1.807, 2.05) is 43.3 Å². The topological polar surface area (TPSA) is 60.5 Å². The van der Waals surface area contributed by atoms with Crippen molar-refractivity contribution in [2.45, 2.75) is 13.5 Å². The highest BCUT2D eigenvalue weighted by molar-refractivity contribution is 5.67. The summed E-state index contributed by atoms with van der Waals surface area (Å²) in [5, 5.41) is 2.57. The minimum absolute atomic E-state index is 0.209. The van der Waals surface area contributed by atoms with E-state index in [2.05, 4.69) is 22.1 Å². The molecule has 0 aliphatic rings. The van der Waals surface area contributed by atoms with Crippen molar-refractivity contribution in [1.29, 1.82) is 0 Å². The Morgan fingerprint density at radius 2 is 2.04 bits per heavy atom. The SMILES string of the molecule is CCOc1ccc(C#CCNC(=O)OCc2ccccc2)cn1. The van der Waals surface area contributed by atoms with Gasteiger partial charge in [0.2, 0.25) is 5.88 Å². The Bertz CT molecular complexity index is 673. The smallest absolute Gasteiger partial charge is 0.408 e. The molecule has 1 aromatic heterocycles. The van der Waals surface area contributed by atoms with Gasteiger partial charge in [-0.05, 0) is 18.6 Å². The first-order chi connectivity index (χ1) is 11.3. The van der Waals surface area contributed by atoms with Crippen LogP contribution in [0.15, 0.2) is 48.7 Å². The van der Waals surface area contributed by atoms with Crippen molar-refractivity contribution in [2.24, 2.45) is 0 Å². The Morgan fingerprint density at radius 3 is 2.74 bits per heavy atom. The third-order valence-corrected chi connectivity index (χ3v) is 2.80. The fourth-order valence-corrected chi connectivity index (χ4v) is 1.72. The van der Waals surface area contributed by atoms with E-state index in [0.29, 0.717) is 12.5 Å². The number of hydrogen-bond acceptors (Lipinski definition) is 4. The van der Waals surface area contributed by atoms with Crippen molar-refractivity contribution in [2.75, 3.05) is 13.2 Å². The van der Waals surface area contributed by atoms with Crippen molar-refractivity contribution in [3.63, 3.8) is 0 Å². The van der Waals surface area contributed by atoms with E-state index in [0.717, 1.165) is 11.1 Å². The molecule has 0 saturated carbocycles. The Morgan fingerprint density at radius 1 is 1.22 bits per heavy atom. The summed E-state index contributed by atoms with van der Waals surface area (Å²) in [7, 11) is 0. The van der Waals surface area contributed by atoms with E-state index in [-0.39, 0.29) is 13.2 Å². The van der Waals surface area contributed by atoms with Gasteiger partial charge in [-0.1, -0.05) is 42.2 Å². The first-order valence-corrected chi connectivity index (χ1v) is 7.30. The molecule has 0 unspecified atom stereocenters. The van der Waals surface area contributed by atoms with Gasteiger partial charge in [0.05, 0.1) is 13.2 Å². The van der Waals surface area contributed by atoms with E-state index in [1.54, 1.807) is 12.3 Å². The number of hydrogen-bond donors (Lipinski definition) is 1. The Hall–Kier alpha value is -3.00. The van der Waals surface area contributed by atoms with Gasteiger partial charge in [-0.15, -0.1) is 0 Å². The summed E-state index contributed by atoms with van der Waals surface area (Å²) < 4.78 is 10.3. The van der Waals surface area contributed by atoms with Crippen molar-refractivity contribution >= 4 is 6.09 Å². The van der Waals surface area contributed by atoms with E-state index in [1.165, 1.54) is 0 Å². The van der Waals surface area contributed by atoms with Gasteiger partial charge in [0, 0.05) is 17.8 Å². The lowest BCUT2D eigenvalue weighted by Crippen LogP contribution is -2.24. The lowest BCUT2D eigenvalue weighted by Gasteiger charge is -2.04. The van der Waals surface area contributed by atoms with Crippen molar-refractivity contribution in [3.05, 3.63) is 59.8 Å². The molecule has 0 aliphatic carbocycles. The maximum absolute atomic E-state index is 11.5. The monoisotopic (exact) mass is 310 g/mol. The largest absolute Gasteiger partial charge is 0.478 e. The molecule has 1 aromatic carbocycles. The Labute approximate surface area is 135 Å². The summed E-state index contributed by atoms with van der Waals surface area (Å²) in [6.07, 6.45) is 1.14. The van der Waals surface area contributed by atoms with Crippen molar-refractivity contribution in [3.8, 4) is 17.7 Å². The zero-order valence-electron chi connectivity index (χ0n) is 12.9. The van der Waals surface area contributed by atoms with Gasteiger partial charge in [0.1, 0.15) is 6.61 Å². The van der Waals surface area contributed by atoms with Crippen LogP contribution in [0.2, 0.25) is 0 Å². The highest BCUT2D eigenvalue weighted by atomic mass is 16.5. The lowest BCUT2D eigenvalue weighted by molar-refractivity contribution is 0.141. The molecule has 0 spiro atoms. The van der Waals surface area contributed by atoms with Gasteiger partial charge in [-0.2, -0.15) is 0 Å². The number of carbonyl (C=O) groups is 1. The van der Waals surface area contributed by atoms with Crippen LogP contribution in [0.25, 0.3) is 0 Å². The Balaban J connectivity index is 1.71. The third kappa shape index (κ3) is 6.10. The molecule has 0 fully saturated rings. The van der Waals surface area contributed by atoms with Gasteiger partial charge in [0.25, 0.3) is 0 Å². The fourth-order valence-electron chi connectivity index (χ4n) is 1.72. The molecule has 0 bridgehead atoms. The van der Waals surface area contributed by atoms with Gasteiger partial charge in [0.15, 0.2) is 0 Å². The van der Waals surface area contributed by atoms with Gasteiger partial charge >= 0.3 is 6.09 Å². The maximum atomic E-state index is 11.5. The van der Waals surface area contributed by atoms with Crippen molar-refractivity contribution in [1.82, 2.24) is 10.3 Å². The van der Waals surface area contributed by atoms with Crippen LogP contribution in [0, 0.1) is 11.8 Å². The number of alkyl carbamates (subject to hydrolysis) is 1. The predicted molar refractivity (Wildman–Crippen MR) is 86.9 cm³/mol. The molecule has 1 heterocycles. The number of ether oxygens (including phenoxy) is 2. The molecule has 118 valence electrons. The summed E-state index contributed by atoms with van der Waals surface area (Å²) in [5.74, 6) is 6.31. The number of amides is 1. The fraction of sp³-hybridized carbons (Fsp3) is 0.222. The third-order valence-electron chi connectivity index (χ3n) is 2.80. The number of pyridine rings is 1. The molecule has 23 heavy (non-hydrogen) atoms. The Kier molecular flexibility index (Phi) is 6.48. The van der Waals surface area contributed by atoms with Crippen LogP contribution in [-0.4, -0.2) is 24.2 Å². The highest BCUT2D eigenvalue weighted by Crippen LogP contribution is 2.06. The molecule has 2 rings (SSSR count). The van der Waals surface area contributed by atoms with Gasteiger partial charge < -0.3 is 14.8 Å². The van der Waals surface area contributed by atoms with E-state index < -0.39 is 6.09 Å². The minimum Gasteiger partial charge on any atom is -0.478 e. The zero-order valence-corrected chi connectivity index (χ0v) is 12.9. The van der Waals surface area contributed by atoms with E-state index >= 15 is 0 Å². The molecule has 2 aromatic rings. The highest BCUT2D eigenvalue weighted by Gasteiger charge is 2.00. The van der Waals surface area contributed by atoms with Crippen LogP contribution in [0.1, 0.15) is 18.1 Å². The molecule has 0 aliphatic heterocycles. The molecular weight excluding hydrogens is 292 g/mol. The normalized spacial score (nSPS) is 9.43. The van der Waals surface area contributed by atoms with Crippen molar-refractivity contribution < 1.29 is 14.3 Å². The first kappa shape index (κ1) is 16.4. The van der Waals surface area contributed by atoms with Gasteiger partial charge in [-0.25, -0.2) is 9.78 Å². The molecular formula is C18H18N2O3. The number of nitrogens with one attached hydrogen (secondary N) is 1. The molecule has 0 saturated heterocycles. The number of rotatable bonds is 5. The lowest BCUT2D eigenvalue weighted by atomic mass is 10.2. The van der Waals surface area contributed by atoms with Crippen LogP contribution >= 0.6 is 0 Å². The minimum atomic E-state index is -0.493. The number of benzene rings is 1. The van der Waals surface area contributed by atoms with E-state index in [9.17, 15) is 4.79 Å². The summed E-state index contributed by atoms with van der Waals surface area (Å²) >= 11 is 0. The van der Waals surface area contributed by atoms with Crippen LogP contribution in [0.5, 0.6) is 5.88 Å². The van der Waals surface area contributed by atoms with Crippen LogP contribution in [0.3, 0.4) is 0 Å². The molecule has 1 amide bonds. The summed E-state index contributed by atoms with van der Waals surface area (Å²) in [4.78, 5) is 15.6. The number of nitrogens with zero attached hydrogens (tertiary/aromatic N) is 1. The first-order valence-electron chi connectivity index (χ1n) is 7.30. The predicted octanol–water partition coefficient (Wildman–Crippen LogP) is 2.76. The number of aromatic nitrogens is 1. The zero-order chi connectivity index (χ0) is 16.3. The summed E-state index contributed by atoms with van der Waals surface area (Å²) in [6.45, 7) is 2.93. The summed E-state index contributed by atoms with van der Waals surface area (Å²) in [5.41, 5.74) is 1.70. The van der Waals surface area contributed by atoms with Crippen LogP contribution in [-0.2, 0) is 11.3 Å². The second-order valence-electron chi connectivity index (χ2n) is 4.54. The molecule has 0 radical (unpaired) electrons. The standard InChI is InChI=1S/C18H18N2O3/c1-2-22-17-11-10-15(13-20-17)9-6-12-19-18(21)23-14-16-7-4-3-5-8-16/h3-5,7-8,10-11,13H,2,12,14H2,1H3,(H,19,21). The second-order valence-corrected chi connectivity index (χ2v) is 4.54. The van der Waals surface area contributed by atoms with Crippen LogP contribution < -0.4 is 10.1 Å². The molecule has 5 heteroatoms. The van der Waals surface area contributed by atoms with E-state index in [4.69, 9.17) is 9.47 Å². The average molecular weight is 310 g/mol. The van der Waals surface area contributed by atoms with Gasteiger partial charge in [-0.3, -0.25) is 0 Å². The number of carbonyl (C=O) groups excluding carboxylic acids is 1. The molecule has 5 nitrogen and oxygen atoms in total. The average Bonchev–Trinajstić information content (AvgIpc) is 2.59. The van der Waals surface area contributed by atoms with Crippen LogP contribution in [0.4, 0.5) is 4.79 Å². The second kappa shape index (κ2) is 9.11. The molecule has 0 atom stereocenters.